The second kappa shape index (κ2) is 7.61. The molecule has 0 aliphatic rings. The van der Waals surface area contributed by atoms with E-state index in [0.29, 0.717) is 6.54 Å². The van der Waals surface area contributed by atoms with E-state index in [-0.39, 0.29) is 12.6 Å². The SMILES string of the molecule is CCc1noc(CC)c1CNC(=O)NCC(C)(O)c1cccs1. The van der Waals surface area contributed by atoms with Crippen LogP contribution in [-0.4, -0.2) is 22.8 Å². The molecule has 2 aromatic rings. The van der Waals surface area contributed by atoms with E-state index < -0.39 is 5.60 Å². The Balaban J connectivity index is 1.87. The first-order valence-corrected chi connectivity index (χ1v) is 8.60. The highest BCUT2D eigenvalue weighted by molar-refractivity contribution is 7.10. The van der Waals surface area contributed by atoms with E-state index in [0.717, 1.165) is 34.7 Å². The number of aryl methyl sites for hydroxylation is 2. The van der Waals surface area contributed by atoms with Crippen molar-refractivity contribution in [3.63, 3.8) is 0 Å². The molecule has 2 heterocycles. The van der Waals surface area contributed by atoms with Gasteiger partial charge in [0.25, 0.3) is 0 Å². The maximum absolute atomic E-state index is 12.0. The van der Waals surface area contributed by atoms with Gasteiger partial charge in [-0.05, 0) is 24.8 Å². The predicted octanol–water partition coefficient (Wildman–Crippen LogP) is 2.57. The molecule has 2 aromatic heterocycles. The van der Waals surface area contributed by atoms with Crippen molar-refractivity contribution in [2.45, 2.75) is 45.8 Å². The lowest BCUT2D eigenvalue weighted by atomic mass is 10.1. The number of nitrogens with zero attached hydrogens (tertiary/aromatic N) is 1. The topological polar surface area (TPSA) is 87.4 Å². The fourth-order valence-electron chi connectivity index (χ4n) is 2.29. The van der Waals surface area contributed by atoms with Crippen molar-refractivity contribution < 1.29 is 14.4 Å². The largest absolute Gasteiger partial charge is 0.383 e. The van der Waals surface area contributed by atoms with Gasteiger partial charge in [0.2, 0.25) is 0 Å². The van der Waals surface area contributed by atoms with Crippen LogP contribution in [0.15, 0.2) is 22.0 Å². The van der Waals surface area contributed by atoms with Crippen molar-refractivity contribution >= 4 is 17.4 Å². The molecule has 7 heteroatoms. The summed E-state index contributed by atoms with van der Waals surface area (Å²) in [4.78, 5) is 12.8. The van der Waals surface area contributed by atoms with Crippen LogP contribution in [0.2, 0.25) is 0 Å². The molecule has 23 heavy (non-hydrogen) atoms. The number of rotatable bonds is 7. The number of carbonyl (C=O) groups excluding carboxylic acids is 1. The Morgan fingerprint density at radius 3 is 2.78 bits per heavy atom. The molecule has 0 aromatic carbocycles. The summed E-state index contributed by atoms with van der Waals surface area (Å²) in [5, 5.41) is 21.8. The number of aromatic nitrogens is 1. The van der Waals surface area contributed by atoms with Crippen LogP contribution in [0.5, 0.6) is 0 Å². The van der Waals surface area contributed by atoms with Gasteiger partial charge in [-0.1, -0.05) is 25.1 Å². The fraction of sp³-hybridized carbons (Fsp3) is 0.500. The summed E-state index contributed by atoms with van der Waals surface area (Å²) < 4.78 is 5.27. The molecule has 0 aliphatic carbocycles. The maximum Gasteiger partial charge on any atom is 0.315 e. The zero-order chi connectivity index (χ0) is 16.9. The van der Waals surface area contributed by atoms with Crippen molar-refractivity contribution in [3.05, 3.63) is 39.4 Å². The van der Waals surface area contributed by atoms with Crippen LogP contribution in [0.1, 0.15) is 42.7 Å². The number of hydrogen-bond donors (Lipinski definition) is 3. The molecule has 1 atom stereocenters. The summed E-state index contributed by atoms with van der Waals surface area (Å²) >= 11 is 1.46. The summed E-state index contributed by atoms with van der Waals surface area (Å²) in [6.45, 7) is 6.18. The van der Waals surface area contributed by atoms with Crippen molar-refractivity contribution in [3.8, 4) is 0 Å². The zero-order valence-corrected chi connectivity index (χ0v) is 14.5. The molecule has 0 radical (unpaired) electrons. The van der Waals surface area contributed by atoms with Gasteiger partial charge in [0.15, 0.2) is 0 Å². The van der Waals surface area contributed by atoms with Gasteiger partial charge in [0.1, 0.15) is 11.4 Å². The first-order valence-electron chi connectivity index (χ1n) is 7.72. The molecule has 0 saturated carbocycles. The monoisotopic (exact) mass is 337 g/mol. The molecular formula is C16H23N3O3S. The van der Waals surface area contributed by atoms with Gasteiger partial charge in [-0.25, -0.2) is 4.79 Å². The third kappa shape index (κ3) is 4.33. The molecule has 126 valence electrons. The lowest BCUT2D eigenvalue weighted by molar-refractivity contribution is 0.0631. The van der Waals surface area contributed by atoms with Crippen molar-refractivity contribution in [1.29, 1.82) is 0 Å². The minimum atomic E-state index is -1.08. The predicted molar refractivity (Wildman–Crippen MR) is 89.4 cm³/mol. The van der Waals surface area contributed by atoms with Crippen molar-refractivity contribution in [2.75, 3.05) is 6.54 Å². The van der Waals surface area contributed by atoms with Gasteiger partial charge in [0.05, 0.1) is 12.2 Å². The van der Waals surface area contributed by atoms with Crippen LogP contribution in [0.4, 0.5) is 4.79 Å². The lowest BCUT2D eigenvalue weighted by Gasteiger charge is -2.22. The first kappa shape index (κ1) is 17.5. The Labute approximate surface area is 139 Å². The normalized spacial score (nSPS) is 13.6. The number of amides is 2. The van der Waals surface area contributed by atoms with Gasteiger partial charge in [0, 0.05) is 23.4 Å². The Hall–Kier alpha value is -1.86. The van der Waals surface area contributed by atoms with Gasteiger partial charge >= 0.3 is 6.03 Å². The fourth-order valence-corrected chi connectivity index (χ4v) is 3.08. The smallest absolute Gasteiger partial charge is 0.315 e. The minimum Gasteiger partial charge on any atom is -0.383 e. The summed E-state index contributed by atoms with van der Waals surface area (Å²) in [6.07, 6.45) is 1.49. The average molecular weight is 337 g/mol. The van der Waals surface area contributed by atoms with E-state index in [9.17, 15) is 9.90 Å². The number of thiophene rings is 1. The van der Waals surface area contributed by atoms with Gasteiger partial charge in [-0.15, -0.1) is 11.3 Å². The highest BCUT2D eigenvalue weighted by Gasteiger charge is 2.25. The van der Waals surface area contributed by atoms with Crippen LogP contribution in [0, 0.1) is 0 Å². The number of carbonyl (C=O) groups is 1. The number of aliphatic hydroxyl groups is 1. The van der Waals surface area contributed by atoms with E-state index in [1.165, 1.54) is 11.3 Å². The second-order valence-corrected chi connectivity index (χ2v) is 6.47. The van der Waals surface area contributed by atoms with Crippen LogP contribution in [-0.2, 0) is 25.0 Å². The van der Waals surface area contributed by atoms with E-state index in [4.69, 9.17) is 4.52 Å². The Kier molecular flexibility index (Phi) is 5.79. The van der Waals surface area contributed by atoms with E-state index >= 15 is 0 Å². The Morgan fingerprint density at radius 2 is 2.17 bits per heavy atom. The molecular weight excluding hydrogens is 314 g/mol. The summed E-state index contributed by atoms with van der Waals surface area (Å²) in [7, 11) is 0. The lowest BCUT2D eigenvalue weighted by Crippen LogP contribution is -2.43. The van der Waals surface area contributed by atoms with Gasteiger partial charge in [-0.3, -0.25) is 0 Å². The molecule has 0 spiro atoms. The number of nitrogens with one attached hydrogen (secondary N) is 2. The van der Waals surface area contributed by atoms with Gasteiger partial charge < -0.3 is 20.3 Å². The molecule has 2 rings (SSSR count). The third-order valence-corrected chi connectivity index (χ3v) is 4.80. The standard InChI is InChI=1S/C16H23N3O3S/c1-4-12-11(13(5-2)22-19-12)9-17-15(20)18-10-16(3,21)14-7-6-8-23-14/h6-8,21H,4-5,9-10H2,1-3H3,(H2,17,18,20). The van der Waals surface area contributed by atoms with Crippen molar-refractivity contribution in [1.82, 2.24) is 15.8 Å². The summed E-state index contributed by atoms with van der Waals surface area (Å²) in [6, 6.07) is 3.40. The second-order valence-electron chi connectivity index (χ2n) is 5.53. The molecule has 0 fully saturated rings. The molecule has 0 bridgehead atoms. The Bertz CT molecular complexity index is 614. The molecule has 1 unspecified atom stereocenters. The van der Waals surface area contributed by atoms with Crippen LogP contribution < -0.4 is 10.6 Å². The van der Waals surface area contributed by atoms with E-state index in [1.54, 1.807) is 6.92 Å². The molecule has 2 amide bonds. The van der Waals surface area contributed by atoms with Crippen LogP contribution in [0.3, 0.4) is 0 Å². The van der Waals surface area contributed by atoms with Crippen molar-refractivity contribution in [2.24, 2.45) is 0 Å². The molecule has 0 saturated heterocycles. The average Bonchev–Trinajstić information content (AvgIpc) is 3.20. The molecule has 0 aliphatic heterocycles. The quantitative estimate of drug-likeness (QED) is 0.724. The number of urea groups is 1. The molecule has 6 nitrogen and oxygen atoms in total. The highest BCUT2D eigenvalue weighted by atomic mass is 32.1. The molecule has 3 N–H and O–H groups in total. The summed E-state index contributed by atoms with van der Waals surface area (Å²) in [5.74, 6) is 0.799. The third-order valence-electron chi connectivity index (χ3n) is 3.68. The van der Waals surface area contributed by atoms with Crippen LogP contribution >= 0.6 is 11.3 Å². The zero-order valence-electron chi connectivity index (χ0n) is 13.7. The van der Waals surface area contributed by atoms with Gasteiger partial charge in [-0.2, -0.15) is 0 Å². The maximum atomic E-state index is 12.0. The van der Waals surface area contributed by atoms with E-state index in [1.807, 2.05) is 31.4 Å². The minimum absolute atomic E-state index is 0.143. The first-order chi connectivity index (χ1) is 11.0. The van der Waals surface area contributed by atoms with Crippen LogP contribution in [0.25, 0.3) is 0 Å². The Morgan fingerprint density at radius 1 is 1.39 bits per heavy atom. The highest BCUT2D eigenvalue weighted by Crippen LogP contribution is 2.24. The number of hydrogen-bond acceptors (Lipinski definition) is 5. The van der Waals surface area contributed by atoms with E-state index in [2.05, 4.69) is 15.8 Å². The summed E-state index contributed by atoms with van der Waals surface area (Å²) in [5.41, 5.74) is 0.731.